The third-order valence-electron chi connectivity index (χ3n) is 1.60. The van der Waals surface area contributed by atoms with Crippen LogP contribution in [-0.2, 0) is 4.74 Å². The lowest BCUT2D eigenvalue weighted by atomic mass is 10.1. The van der Waals surface area contributed by atoms with Gasteiger partial charge in [0.15, 0.2) is 0 Å². The van der Waals surface area contributed by atoms with E-state index in [-0.39, 0.29) is 0 Å². The molecule has 0 bridgehead atoms. The SMILES string of the molecule is [CH2]OC/C=C/c1ccc(C)cc1. The monoisotopic (exact) mass is 161 g/mol. The van der Waals surface area contributed by atoms with Crippen molar-refractivity contribution in [1.82, 2.24) is 0 Å². The molecule has 0 aliphatic carbocycles. The van der Waals surface area contributed by atoms with Crippen molar-refractivity contribution < 1.29 is 4.74 Å². The Bertz CT molecular complexity index is 246. The molecule has 0 N–H and O–H groups in total. The molecular weight excluding hydrogens is 148 g/mol. The molecule has 0 amide bonds. The van der Waals surface area contributed by atoms with Gasteiger partial charge < -0.3 is 4.74 Å². The molecule has 0 saturated carbocycles. The fourth-order valence-electron chi connectivity index (χ4n) is 0.930. The highest BCUT2D eigenvalue weighted by Crippen LogP contribution is 2.04. The minimum absolute atomic E-state index is 0.563. The van der Waals surface area contributed by atoms with E-state index in [4.69, 9.17) is 0 Å². The van der Waals surface area contributed by atoms with Gasteiger partial charge in [-0.25, -0.2) is 0 Å². The van der Waals surface area contributed by atoms with Gasteiger partial charge in [-0.05, 0) is 12.5 Å². The second-order valence-corrected chi connectivity index (χ2v) is 2.68. The topological polar surface area (TPSA) is 9.23 Å². The average molecular weight is 161 g/mol. The number of hydrogen-bond donors (Lipinski definition) is 0. The van der Waals surface area contributed by atoms with Gasteiger partial charge in [0.2, 0.25) is 0 Å². The molecule has 1 rings (SSSR count). The van der Waals surface area contributed by atoms with E-state index in [1.807, 2.05) is 12.2 Å². The van der Waals surface area contributed by atoms with E-state index in [0.717, 1.165) is 0 Å². The Labute approximate surface area is 73.7 Å². The maximum Gasteiger partial charge on any atom is 0.0704 e. The fraction of sp³-hybridized carbons (Fsp3) is 0.182. The smallest absolute Gasteiger partial charge is 0.0704 e. The van der Waals surface area contributed by atoms with Crippen molar-refractivity contribution in [3.8, 4) is 0 Å². The van der Waals surface area contributed by atoms with Gasteiger partial charge in [-0.15, -0.1) is 0 Å². The number of hydrogen-bond acceptors (Lipinski definition) is 1. The first kappa shape index (κ1) is 9.01. The van der Waals surface area contributed by atoms with Crippen molar-refractivity contribution in [3.05, 3.63) is 48.6 Å². The van der Waals surface area contributed by atoms with Crippen molar-refractivity contribution in [2.24, 2.45) is 0 Å². The zero-order valence-corrected chi connectivity index (χ0v) is 7.29. The minimum atomic E-state index is 0.563. The second-order valence-electron chi connectivity index (χ2n) is 2.68. The molecule has 0 aliphatic heterocycles. The maximum absolute atomic E-state index is 4.65. The van der Waals surface area contributed by atoms with Gasteiger partial charge in [0.1, 0.15) is 0 Å². The van der Waals surface area contributed by atoms with Crippen LogP contribution in [0.5, 0.6) is 0 Å². The lowest BCUT2D eigenvalue weighted by Gasteiger charge is -1.94. The van der Waals surface area contributed by atoms with E-state index < -0.39 is 0 Å². The highest BCUT2D eigenvalue weighted by Gasteiger charge is 1.84. The van der Waals surface area contributed by atoms with Crippen LogP contribution in [0.2, 0.25) is 0 Å². The van der Waals surface area contributed by atoms with Crippen LogP contribution in [0.4, 0.5) is 0 Å². The van der Waals surface area contributed by atoms with E-state index in [1.54, 1.807) is 0 Å². The van der Waals surface area contributed by atoms with Crippen LogP contribution >= 0.6 is 0 Å². The molecule has 0 aromatic heterocycles. The molecule has 63 valence electrons. The third kappa shape index (κ3) is 2.89. The molecule has 0 fully saturated rings. The Balaban J connectivity index is 2.58. The first-order valence-electron chi connectivity index (χ1n) is 3.93. The van der Waals surface area contributed by atoms with E-state index >= 15 is 0 Å². The van der Waals surface area contributed by atoms with Gasteiger partial charge in [0, 0.05) is 0 Å². The van der Waals surface area contributed by atoms with Crippen molar-refractivity contribution in [2.45, 2.75) is 6.92 Å². The van der Waals surface area contributed by atoms with Crippen LogP contribution in [0.1, 0.15) is 11.1 Å². The van der Waals surface area contributed by atoms with E-state index in [0.29, 0.717) is 6.61 Å². The number of rotatable bonds is 3. The Morgan fingerprint density at radius 3 is 2.58 bits per heavy atom. The number of aryl methyl sites for hydroxylation is 1. The van der Waals surface area contributed by atoms with Crippen molar-refractivity contribution in [3.63, 3.8) is 0 Å². The van der Waals surface area contributed by atoms with Crippen LogP contribution < -0.4 is 0 Å². The summed E-state index contributed by atoms with van der Waals surface area (Å²) in [4.78, 5) is 0. The van der Waals surface area contributed by atoms with Crippen LogP contribution in [0.25, 0.3) is 6.08 Å². The predicted octanol–water partition coefficient (Wildman–Crippen LogP) is 2.82. The van der Waals surface area contributed by atoms with Gasteiger partial charge in [-0.2, -0.15) is 0 Å². The quantitative estimate of drug-likeness (QED) is 0.662. The van der Waals surface area contributed by atoms with Gasteiger partial charge in [0.05, 0.1) is 13.7 Å². The normalized spacial score (nSPS) is 10.8. The molecule has 1 aromatic rings. The lowest BCUT2D eigenvalue weighted by Crippen LogP contribution is -1.78. The molecule has 1 nitrogen and oxygen atoms in total. The summed E-state index contributed by atoms with van der Waals surface area (Å²) < 4.78 is 4.65. The van der Waals surface area contributed by atoms with Crippen LogP contribution in [-0.4, -0.2) is 6.61 Å². The van der Waals surface area contributed by atoms with Crippen LogP contribution in [0.3, 0.4) is 0 Å². The first-order chi connectivity index (χ1) is 5.83. The Hall–Kier alpha value is -1.08. The molecule has 0 atom stereocenters. The summed E-state index contributed by atoms with van der Waals surface area (Å²) >= 11 is 0. The van der Waals surface area contributed by atoms with Gasteiger partial charge in [-0.3, -0.25) is 0 Å². The summed E-state index contributed by atoms with van der Waals surface area (Å²) in [6.07, 6.45) is 3.96. The number of benzene rings is 1. The Morgan fingerprint density at radius 1 is 1.33 bits per heavy atom. The molecule has 0 aliphatic rings. The average Bonchev–Trinajstić information content (AvgIpc) is 2.09. The summed E-state index contributed by atoms with van der Waals surface area (Å²) in [5.74, 6) is 0. The summed E-state index contributed by atoms with van der Waals surface area (Å²) in [5.41, 5.74) is 2.47. The highest BCUT2D eigenvalue weighted by molar-refractivity contribution is 5.49. The molecule has 12 heavy (non-hydrogen) atoms. The molecule has 1 radical (unpaired) electrons. The van der Waals surface area contributed by atoms with Gasteiger partial charge >= 0.3 is 0 Å². The molecule has 0 saturated heterocycles. The minimum Gasteiger partial charge on any atom is -0.375 e. The molecular formula is C11H13O. The predicted molar refractivity (Wildman–Crippen MR) is 51.5 cm³/mol. The van der Waals surface area contributed by atoms with Gasteiger partial charge in [-0.1, -0.05) is 42.0 Å². The maximum atomic E-state index is 4.65. The first-order valence-corrected chi connectivity index (χ1v) is 3.93. The van der Waals surface area contributed by atoms with Crippen molar-refractivity contribution in [2.75, 3.05) is 6.61 Å². The standard InChI is InChI=1S/C11H13O/c1-10-5-7-11(8-6-10)4-3-9-12-2/h3-8H,2,9H2,1H3/b4-3+. The fourth-order valence-corrected chi connectivity index (χ4v) is 0.930. The molecule has 1 aromatic carbocycles. The van der Waals surface area contributed by atoms with Crippen molar-refractivity contribution >= 4 is 6.08 Å². The summed E-state index contributed by atoms with van der Waals surface area (Å²) in [5, 5.41) is 0. The molecule has 0 spiro atoms. The van der Waals surface area contributed by atoms with E-state index in [9.17, 15) is 0 Å². The third-order valence-corrected chi connectivity index (χ3v) is 1.60. The van der Waals surface area contributed by atoms with Gasteiger partial charge in [0.25, 0.3) is 0 Å². The van der Waals surface area contributed by atoms with Crippen LogP contribution in [0.15, 0.2) is 30.3 Å². The van der Waals surface area contributed by atoms with E-state index in [1.165, 1.54) is 11.1 Å². The Kier molecular flexibility index (Phi) is 3.55. The van der Waals surface area contributed by atoms with E-state index in [2.05, 4.69) is 43.0 Å². The molecule has 0 unspecified atom stereocenters. The summed E-state index contributed by atoms with van der Waals surface area (Å²) in [6.45, 7) is 2.64. The van der Waals surface area contributed by atoms with Crippen LogP contribution in [0, 0.1) is 14.0 Å². The Morgan fingerprint density at radius 2 is 2.00 bits per heavy atom. The molecule has 1 heteroatoms. The number of ether oxygens (including phenoxy) is 1. The second kappa shape index (κ2) is 4.73. The summed E-state index contributed by atoms with van der Waals surface area (Å²) in [6, 6.07) is 8.33. The largest absolute Gasteiger partial charge is 0.375 e. The summed E-state index contributed by atoms with van der Waals surface area (Å²) in [7, 11) is 3.28. The zero-order valence-electron chi connectivity index (χ0n) is 7.29. The molecule has 0 heterocycles. The van der Waals surface area contributed by atoms with Crippen molar-refractivity contribution in [1.29, 1.82) is 0 Å². The lowest BCUT2D eigenvalue weighted by molar-refractivity contribution is 0.282. The highest BCUT2D eigenvalue weighted by atomic mass is 16.5. The zero-order chi connectivity index (χ0) is 8.81.